The van der Waals surface area contributed by atoms with Crippen molar-refractivity contribution < 1.29 is 9.21 Å². The Morgan fingerprint density at radius 1 is 1.27 bits per heavy atom. The van der Waals surface area contributed by atoms with E-state index in [4.69, 9.17) is 4.42 Å². The Morgan fingerprint density at radius 3 is 2.55 bits per heavy atom. The van der Waals surface area contributed by atoms with Gasteiger partial charge in [-0.3, -0.25) is 4.79 Å². The van der Waals surface area contributed by atoms with Gasteiger partial charge in [-0.1, -0.05) is 0 Å². The van der Waals surface area contributed by atoms with Gasteiger partial charge in [0.25, 0.3) is 5.91 Å². The molecule has 3 rings (SSSR count). The van der Waals surface area contributed by atoms with E-state index in [9.17, 15) is 4.79 Å². The molecule has 1 amide bonds. The summed E-state index contributed by atoms with van der Waals surface area (Å²) in [6, 6.07) is 3.96. The molecule has 1 N–H and O–H groups in total. The van der Waals surface area contributed by atoms with Gasteiger partial charge in [0.15, 0.2) is 0 Å². The Bertz CT molecular complexity index is 626. The molecule has 0 atom stereocenters. The van der Waals surface area contributed by atoms with E-state index >= 15 is 0 Å². The molecule has 6 nitrogen and oxygen atoms in total. The first kappa shape index (κ1) is 14.6. The van der Waals surface area contributed by atoms with Crippen molar-refractivity contribution in [2.24, 2.45) is 0 Å². The molecule has 0 bridgehead atoms. The highest BCUT2D eigenvalue weighted by atomic mass is 16.3. The van der Waals surface area contributed by atoms with Crippen molar-refractivity contribution in [3.05, 3.63) is 41.6 Å². The quantitative estimate of drug-likeness (QED) is 0.942. The molecule has 0 aromatic carbocycles. The summed E-state index contributed by atoms with van der Waals surface area (Å²) < 4.78 is 4.97. The fourth-order valence-electron chi connectivity index (χ4n) is 2.77. The van der Waals surface area contributed by atoms with Crippen LogP contribution in [0.15, 0.2) is 29.1 Å². The summed E-state index contributed by atoms with van der Waals surface area (Å²) in [7, 11) is 0. The number of piperidine rings is 1. The first-order valence-corrected chi connectivity index (χ1v) is 7.52. The average Bonchev–Trinajstić information content (AvgIpc) is 3.00. The summed E-state index contributed by atoms with van der Waals surface area (Å²) in [6.07, 6.45) is 4.80. The maximum Gasteiger partial charge on any atom is 0.257 e. The molecule has 0 unspecified atom stereocenters. The summed E-state index contributed by atoms with van der Waals surface area (Å²) in [5, 5.41) is 3.38. The topological polar surface area (TPSA) is 71.3 Å². The number of nitrogens with zero attached hydrogens (tertiary/aromatic N) is 3. The first-order valence-electron chi connectivity index (χ1n) is 7.52. The number of hydrogen-bond acceptors (Lipinski definition) is 5. The maximum absolute atomic E-state index is 12.2. The minimum Gasteiger partial charge on any atom is -0.472 e. The van der Waals surface area contributed by atoms with E-state index in [2.05, 4.69) is 15.3 Å². The molecule has 1 aliphatic rings. The van der Waals surface area contributed by atoms with Gasteiger partial charge >= 0.3 is 0 Å². The van der Waals surface area contributed by atoms with E-state index in [0.29, 0.717) is 17.6 Å². The SMILES string of the molecule is Cc1cc(C)nc(NC2CCN(C(=O)c3ccoc3)CC2)n1. The third-order valence-corrected chi connectivity index (χ3v) is 3.87. The van der Waals surface area contributed by atoms with Crippen LogP contribution in [0.3, 0.4) is 0 Å². The number of nitrogens with one attached hydrogen (secondary N) is 1. The van der Waals surface area contributed by atoms with Gasteiger partial charge in [0, 0.05) is 30.5 Å². The zero-order valence-electron chi connectivity index (χ0n) is 12.9. The Labute approximate surface area is 129 Å². The van der Waals surface area contributed by atoms with Crippen LogP contribution in [0.2, 0.25) is 0 Å². The molecule has 22 heavy (non-hydrogen) atoms. The third kappa shape index (κ3) is 3.27. The van der Waals surface area contributed by atoms with Crippen LogP contribution in [0.1, 0.15) is 34.6 Å². The molecule has 1 aliphatic heterocycles. The monoisotopic (exact) mass is 300 g/mol. The van der Waals surface area contributed by atoms with Crippen LogP contribution in [-0.4, -0.2) is 39.9 Å². The maximum atomic E-state index is 12.2. The van der Waals surface area contributed by atoms with Crippen LogP contribution in [-0.2, 0) is 0 Å². The van der Waals surface area contributed by atoms with Crippen molar-refractivity contribution >= 4 is 11.9 Å². The molecule has 2 aromatic rings. The largest absolute Gasteiger partial charge is 0.472 e. The van der Waals surface area contributed by atoms with E-state index in [0.717, 1.165) is 37.3 Å². The molecular formula is C16H20N4O2. The third-order valence-electron chi connectivity index (χ3n) is 3.87. The zero-order valence-corrected chi connectivity index (χ0v) is 12.9. The number of carbonyl (C=O) groups excluding carboxylic acids is 1. The van der Waals surface area contributed by atoms with E-state index in [1.165, 1.54) is 12.5 Å². The summed E-state index contributed by atoms with van der Waals surface area (Å²) in [5.41, 5.74) is 2.54. The van der Waals surface area contributed by atoms with E-state index < -0.39 is 0 Å². The minimum absolute atomic E-state index is 0.0369. The number of likely N-dealkylation sites (tertiary alicyclic amines) is 1. The highest BCUT2D eigenvalue weighted by Gasteiger charge is 2.24. The Kier molecular flexibility index (Phi) is 4.09. The Balaban J connectivity index is 1.56. The predicted molar refractivity (Wildman–Crippen MR) is 82.8 cm³/mol. The normalized spacial score (nSPS) is 15.8. The van der Waals surface area contributed by atoms with Gasteiger partial charge in [0.2, 0.25) is 5.95 Å². The van der Waals surface area contributed by atoms with Gasteiger partial charge in [0.05, 0.1) is 11.8 Å². The molecule has 0 saturated carbocycles. The van der Waals surface area contributed by atoms with Crippen molar-refractivity contribution in [3.8, 4) is 0 Å². The smallest absolute Gasteiger partial charge is 0.257 e. The lowest BCUT2D eigenvalue weighted by Crippen LogP contribution is -2.42. The number of rotatable bonds is 3. The fourth-order valence-corrected chi connectivity index (χ4v) is 2.77. The molecule has 116 valence electrons. The number of amides is 1. The summed E-state index contributed by atoms with van der Waals surface area (Å²) >= 11 is 0. The van der Waals surface area contributed by atoms with Crippen LogP contribution in [0.5, 0.6) is 0 Å². The van der Waals surface area contributed by atoms with Crippen molar-refractivity contribution in [1.82, 2.24) is 14.9 Å². The van der Waals surface area contributed by atoms with E-state index in [1.807, 2.05) is 24.8 Å². The molecule has 2 aromatic heterocycles. The predicted octanol–water partition coefficient (Wildman–Crippen LogP) is 2.40. The zero-order chi connectivity index (χ0) is 15.5. The van der Waals surface area contributed by atoms with Crippen LogP contribution in [0.4, 0.5) is 5.95 Å². The number of anilines is 1. The van der Waals surface area contributed by atoms with Gasteiger partial charge in [-0.15, -0.1) is 0 Å². The minimum atomic E-state index is 0.0369. The number of furan rings is 1. The summed E-state index contributed by atoms with van der Waals surface area (Å²) in [6.45, 7) is 5.39. The van der Waals surface area contributed by atoms with Crippen molar-refractivity contribution in [3.63, 3.8) is 0 Å². The van der Waals surface area contributed by atoms with Gasteiger partial charge in [0.1, 0.15) is 6.26 Å². The van der Waals surface area contributed by atoms with Crippen molar-refractivity contribution in [1.29, 1.82) is 0 Å². The van der Waals surface area contributed by atoms with Crippen molar-refractivity contribution in [2.75, 3.05) is 18.4 Å². The van der Waals surface area contributed by atoms with Crippen LogP contribution >= 0.6 is 0 Å². The lowest BCUT2D eigenvalue weighted by molar-refractivity contribution is 0.0717. The number of aryl methyl sites for hydroxylation is 2. The first-order chi connectivity index (χ1) is 10.6. The summed E-state index contributed by atoms with van der Waals surface area (Å²) in [4.78, 5) is 22.9. The average molecular weight is 300 g/mol. The van der Waals surface area contributed by atoms with Gasteiger partial charge in [-0.25, -0.2) is 9.97 Å². The second kappa shape index (κ2) is 6.17. The van der Waals surface area contributed by atoms with Crippen LogP contribution in [0.25, 0.3) is 0 Å². The second-order valence-corrected chi connectivity index (χ2v) is 5.70. The lowest BCUT2D eigenvalue weighted by atomic mass is 10.0. The Hall–Kier alpha value is -2.37. The van der Waals surface area contributed by atoms with Gasteiger partial charge in [-0.05, 0) is 38.8 Å². The molecule has 0 spiro atoms. The van der Waals surface area contributed by atoms with E-state index in [1.54, 1.807) is 6.07 Å². The van der Waals surface area contributed by atoms with Gasteiger partial charge in [-0.2, -0.15) is 0 Å². The molecule has 6 heteroatoms. The molecule has 0 aliphatic carbocycles. The molecule has 0 radical (unpaired) electrons. The molecular weight excluding hydrogens is 280 g/mol. The highest BCUT2D eigenvalue weighted by Crippen LogP contribution is 2.17. The fraction of sp³-hybridized carbons (Fsp3) is 0.438. The molecule has 1 fully saturated rings. The van der Waals surface area contributed by atoms with Gasteiger partial charge < -0.3 is 14.6 Å². The van der Waals surface area contributed by atoms with E-state index in [-0.39, 0.29) is 5.91 Å². The van der Waals surface area contributed by atoms with Crippen LogP contribution < -0.4 is 5.32 Å². The number of hydrogen-bond donors (Lipinski definition) is 1. The molecule has 1 saturated heterocycles. The lowest BCUT2D eigenvalue weighted by Gasteiger charge is -2.32. The summed E-state index contributed by atoms with van der Waals surface area (Å²) in [5.74, 6) is 0.715. The highest BCUT2D eigenvalue weighted by molar-refractivity contribution is 5.93. The van der Waals surface area contributed by atoms with Crippen LogP contribution in [0, 0.1) is 13.8 Å². The number of aromatic nitrogens is 2. The standard InChI is InChI=1S/C16H20N4O2/c1-11-9-12(2)18-16(17-11)19-14-3-6-20(7-4-14)15(21)13-5-8-22-10-13/h5,8-10,14H,3-4,6-7H2,1-2H3,(H,17,18,19). The second-order valence-electron chi connectivity index (χ2n) is 5.70. The number of carbonyl (C=O) groups is 1. The Morgan fingerprint density at radius 2 is 1.95 bits per heavy atom. The van der Waals surface area contributed by atoms with Crippen molar-refractivity contribution in [2.45, 2.75) is 32.7 Å². The molecule has 3 heterocycles.